The van der Waals surface area contributed by atoms with Crippen LogP contribution in [-0.4, -0.2) is 0 Å². The normalized spacial score (nSPS) is 12.3. The van der Waals surface area contributed by atoms with Crippen molar-refractivity contribution in [3.63, 3.8) is 0 Å². The Kier molecular flexibility index (Phi) is 5.74. The minimum Gasteiger partial charge on any atom is -0.306 e. The van der Waals surface area contributed by atoms with Gasteiger partial charge in [-0.2, -0.15) is 0 Å². The maximum Gasteiger partial charge on any atom is 0.124 e. The van der Waals surface area contributed by atoms with E-state index in [-0.39, 0.29) is 5.82 Å². The van der Waals surface area contributed by atoms with Crippen molar-refractivity contribution in [2.75, 3.05) is 0 Å². The molecular formula is C17H19BrFN. The molecule has 1 atom stereocenters. The van der Waals surface area contributed by atoms with E-state index in [4.69, 9.17) is 0 Å². The van der Waals surface area contributed by atoms with Gasteiger partial charge in [-0.1, -0.05) is 65.7 Å². The maximum absolute atomic E-state index is 13.1. The zero-order valence-electron chi connectivity index (χ0n) is 11.6. The molecule has 106 valence electrons. The van der Waals surface area contributed by atoms with Crippen LogP contribution in [0.4, 0.5) is 4.39 Å². The zero-order chi connectivity index (χ0) is 14.4. The fraction of sp³-hybridized carbons (Fsp3) is 0.294. The van der Waals surface area contributed by atoms with Crippen LogP contribution in [-0.2, 0) is 6.54 Å². The molecule has 0 aliphatic carbocycles. The van der Waals surface area contributed by atoms with E-state index in [9.17, 15) is 4.39 Å². The van der Waals surface area contributed by atoms with Crippen molar-refractivity contribution in [3.8, 4) is 0 Å². The summed E-state index contributed by atoms with van der Waals surface area (Å²) in [7, 11) is 0. The summed E-state index contributed by atoms with van der Waals surface area (Å²) >= 11 is 3.41. The average Bonchev–Trinajstić information content (AvgIpc) is 2.46. The SMILES string of the molecule is CCCC(NCc1ccc(F)cc1Br)c1ccccc1. The molecule has 2 aromatic rings. The summed E-state index contributed by atoms with van der Waals surface area (Å²) < 4.78 is 13.9. The van der Waals surface area contributed by atoms with Crippen LogP contribution in [0.2, 0.25) is 0 Å². The largest absolute Gasteiger partial charge is 0.306 e. The van der Waals surface area contributed by atoms with Gasteiger partial charge in [0.2, 0.25) is 0 Å². The highest BCUT2D eigenvalue weighted by Crippen LogP contribution is 2.22. The Morgan fingerprint density at radius 2 is 1.90 bits per heavy atom. The number of hydrogen-bond acceptors (Lipinski definition) is 1. The van der Waals surface area contributed by atoms with E-state index in [1.807, 2.05) is 12.1 Å². The van der Waals surface area contributed by atoms with Gasteiger partial charge in [0.25, 0.3) is 0 Å². The Hall–Kier alpha value is -1.19. The van der Waals surface area contributed by atoms with E-state index >= 15 is 0 Å². The van der Waals surface area contributed by atoms with Crippen LogP contribution < -0.4 is 5.32 Å². The van der Waals surface area contributed by atoms with Crippen LogP contribution in [0.3, 0.4) is 0 Å². The molecule has 0 aliphatic rings. The van der Waals surface area contributed by atoms with Gasteiger partial charge in [-0.05, 0) is 29.7 Å². The van der Waals surface area contributed by atoms with Gasteiger partial charge < -0.3 is 5.32 Å². The van der Waals surface area contributed by atoms with E-state index in [2.05, 4.69) is 52.4 Å². The number of rotatable bonds is 6. The Balaban J connectivity index is 2.06. The molecule has 0 aliphatic heterocycles. The lowest BCUT2D eigenvalue weighted by Crippen LogP contribution is -2.21. The second kappa shape index (κ2) is 7.55. The molecule has 1 N–H and O–H groups in total. The number of benzene rings is 2. The molecule has 0 bridgehead atoms. The molecule has 2 aromatic carbocycles. The van der Waals surface area contributed by atoms with Gasteiger partial charge in [0.15, 0.2) is 0 Å². The minimum absolute atomic E-state index is 0.214. The Morgan fingerprint density at radius 1 is 1.15 bits per heavy atom. The van der Waals surface area contributed by atoms with Crippen LogP contribution in [0.1, 0.15) is 36.9 Å². The minimum atomic E-state index is -0.214. The van der Waals surface area contributed by atoms with E-state index in [0.29, 0.717) is 6.04 Å². The van der Waals surface area contributed by atoms with Crippen LogP contribution in [0.15, 0.2) is 53.0 Å². The number of hydrogen-bond donors (Lipinski definition) is 1. The third-order valence-corrected chi connectivity index (χ3v) is 4.07. The van der Waals surface area contributed by atoms with Crippen molar-refractivity contribution in [1.29, 1.82) is 0 Å². The molecule has 0 aromatic heterocycles. The fourth-order valence-electron chi connectivity index (χ4n) is 2.26. The lowest BCUT2D eigenvalue weighted by Gasteiger charge is -2.19. The van der Waals surface area contributed by atoms with Crippen molar-refractivity contribution in [1.82, 2.24) is 5.32 Å². The van der Waals surface area contributed by atoms with Gasteiger partial charge in [0, 0.05) is 17.1 Å². The summed E-state index contributed by atoms with van der Waals surface area (Å²) in [5, 5.41) is 3.56. The fourth-order valence-corrected chi connectivity index (χ4v) is 2.75. The zero-order valence-corrected chi connectivity index (χ0v) is 13.2. The lowest BCUT2D eigenvalue weighted by atomic mass is 10.0. The summed E-state index contributed by atoms with van der Waals surface area (Å²) in [5.41, 5.74) is 2.37. The monoisotopic (exact) mass is 335 g/mol. The van der Waals surface area contributed by atoms with Gasteiger partial charge in [-0.25, -0.2) is 4.39 Å². The van der Waals surface area contributed by atoms with Crippen LogP contribution in [0.25, 0.3) is 0 Å². The van der Waals surface area contributed by atoms with Gasteiger partial charge in [-0.3, -0.25) is 0 Å². The highest BCUT2D eigenvalue weighted by molar-refractivity contribution is 9.10. The van der Waals surface area contributed by atoms with Gasteiger partial charge in [-0.15, -0.1) is 0 Å². The quantitative estimate of drug-likeness (QED) is 0.763. The standard InChI is InChI=1S/C17H19BrFN/c1-2-6-17(13-7-4-3-5-8-13)20-12-14-9-10-15(19)11-16(14)18/h3-5,7-11,17,20H,2,6,12H2,1H3. The first-order valence-corrected chi connectivity index (χ1v) is 7.72. The highest BCUT2D eigenvalue weighted by atomic mass is 79.9. The summed E-state index contributed by atoms with van der Waals surface area (Å²) in [6, 6.07) is 15.6. The van der Waals surface area contributed by atoms with E-state index < -0.39 is 0 Å². The molecular weight excluding hydrogens is 317 g/mol. The van der Waals surface area contributed by atoms with E-state index in [0.717, 1.165) is 29.4 Å². The molecule has 0 saturated heterocycles. The summed E-state index contributed by atoms with van der Waals surface area (Å²) in [5.74, 6) is -0.214. The highest BCUT2D eigenvalue weighted by Gasteiger charge is 2.10. The smallest absolute Gasteiger partial charge is 0.124 e. The molecule has 0 spiro atoms. The first kappa shape index (κ1) is 15.2. The molecule has 20 heavy (non-hydrogen) atoms. The third kappa shape index (κ3) is 4.15. The van der Waals surface area contributed by atoms with Crippen LogP contribution in [0, 0.1) is 5.82 Å². The number of nitrogens with one attached hydrogen (secondary N) is 1. The Labute approximate surface area is 128 Å². The Morgan fingerprint density at radius 3 is 2.55 bits per heavy atom. The molecule has 0 heterocycles. The van der Waals surface area contributed by atoms with Gasteiger partial charge in [0.05, 0.1) is 0 Å². The topological polar surface area (TPSA) is 12.0 Å². The first-order chi connectivity index (χ1) is 9.70. The molecule has 0 radical (unpaired) electrons. The summed E-state index contributed by atoms with van der Waals surface area (Å²) in [6.45, 7) is 2.91. The van der Waals surface area contributed by atoms with Crippen molar-refractivity contribution >= 4 is 15.9 Å². The summed E-state index contributed by atoms with van der Waals surface area (Å²) in [6.07, 6.45) is 2.21. The van der Waals surface area contributed by atoms with E-state index in [1.165, 1.54) is 17.7 Å². The molecule has 3 heteroatoms. The molecule has 1 unspecified atom stereocenters. The second-order valence-electron chi connectivity index (χ2n) is 4.87. The van der Waals surface area contributed by atoms with Gasteiger partial charge in [0.1, 0.15) is 5.82 Å². The maximum atomic E-state index is 13.1. The molecule has 0 fully saturated rings. The molecule has 0 saturated carbocycles. The molecule has 2 rings (SSSR count). The average molecular weight is 336 g/mol. The number of halogens is 2. The lowest BCUT2D eigenvalue weighted by molar-refractivity contribution is 0.492. The van der Waals surface area contributed by atoms with Crippen LogP contribution in [0.5, 0.6) is 0 Å². The van der Waals surface area contributed by atoms with Crippen molar-refractivity contribution < 1.29 is 4.39 Å². The van der Waals surface area contributed by atoms with Crippen molar-refractivity contribution in [2.45, 2.75) is 32.4 Å². The van der Waals surface area contributed by atoms with Crippen LogP contribution >= 0.6 is 15.9 Å². The Bertz CT molecular complexity index is 542. The summed E-state index contributed by atoms with van der Waals surface area (Å²) in [4.78, 5) is 0. The molecule has 0 amide bonds. The predicted molar refractivity (Wildman–Crippen MR) is 85.0 cm³/mol. The first-order valence-electron chi connectivity index (χ1n) is 6.93. The predicted octanol–water partition coefficient (Wildman–Crippen LogP) is 5.22. The van der Waals surface area contributed by atoms with E-state index in [1.54, 1.807) is 0 Å². The second-order valence-corrected chi connectivity index (χ2v) is 5.72. The van der Waals surface area contributed by atoms with Gasteiger partial charge >= 0.3 is 0 Å². The van der Waals surface area contributed by atoms with Crippen molar-refractivity contribution in [2.24, 2.45) is 0 Å². The third-order valence-electron chi connectivity index (χ3n) is 3.33. The molecule has 1 nitrogen and oxygen atoms in total. The van der Waals surface area contributed by atoms with Crippen molar-refractivity contribution in [3.05, 3.63) is 69.9 Å².